The van der Waals surface area contributed by atoms with Crippen molar-refractivity contribution >= 4 is 11.3 Å². The average Bonchev–Trinajstić information content (AvgIpc) is 3.31. The number of aryl methyl sites for hydroxylation is 1. The zero-order valence-electron chi connectivity index (χ0n) is 13.6. The van der Waals surface area contributed by atoms with Crippen molar-refractivity contribution in [3.05, 3.63) is 46.6 Å². The Morgan fingerprint density at radius 2 is 2.21 bits per heavy atom. The summed E-state index contributed by atoms with van der Waals surface area (Å²) in [6, 6.07) is 2.06. The van der Waals surface area contributed by atoms with Crippen molar-refractivity contribution in [2.75, 3.05) is 13.1 Å². The largest absolute Gasteiger partial charge is 0.341 e. The number of thiazole rings is 1. The Hall–Kier alpha value is -2.12. The number of nitrogens with one attached hydrogen (secondary N) is 1. The van der Waals surface area contributed by atoms with Gasteiger partial charge in [-0.25, -0.2) is 19.9 Å². The Bertz CT molecular complexity index is 797. The van der Waals surface area contributed by atoms with Gasteiger partial charge in [0.1, 0.15) is 12.0 Å². The Balaban J connectivity index is 1.39. The quantitative estimate of drug-likeness (QED) is 0.773. The SMILES string of the molecule is Cc1cnc(-c2cc(CC3CCN(Cc4cscn4)C3)ncn2)[nH]1. The predicted molar refractivity (Wildman–Crippen MR) is 93.6 cm³/mol. The van der Waals surface area contributed by atoms with E-state index in [4.69, 9.17) is 0 Å². The minimum atomic E-state index is 0.643. The first kappa shape index (κ1) is 15.4. The number of hydrogen-bond donors (Lipinski definition) is 1. The molecule has 1 N–H and O–H groups in total. The molecule has 0 saturated carbocycles. The van der Waals surface area contributed by atoms with Crippen LogP contribution in [0.3, 0.4) is 0 Å². The fourth-order valence-electron chi connectivity index (χ4n) is 3.25. The third-order valence-corrected chi connectivity index (χ3v) is 5.04. The van der Waals surface area contributed by atoms with Crippen LogP contribution in [0.2, 0.25) is 0 Å². The van der Waals surface area contributed by atoms with Crippen molar-refractivity contribution < 1.29 is 0 Å². The molecule has 0 aromatic carbocycles. The molecule has 0 radical (unpaired) electrons. The van der Waals surface area contributed by atoms with Gasteiger partial charge in [-0.05, 0) is 38.3 Å². The van der Waals surface area contributed by atoms with E-state index < -0.39 is 0 Å². The molecule has 0 amide bonds. The Labute approximate surface area is 145 Å². The smallest absolute Gasteiger partial charge is 0.156 e. The summed E-state index contributed by atoms with van der Waals surface area (Å²) in [7, 11) is 0. The van der Waals surface area contributed by atoms with Crippen LogP contribution in [0, 0.1) is 12.8 Å². The fourth-order valence-corrected chi connectivity index (χ4v) is 3.79. The van der Waals surface area contributed by atoms with Crippen LogP contribution in [0.25, 0.3) is 11.5 Å². The zero-order valence-corrected chi connectivity index (χ0v) is 14.5. The van der Waals surface area contributed by atoms with Crippen LogP contribution >= 0.6 is 11.3 Å². The molecule has 24 heavy (non-hydrogen) atoms. The van der Waals surface area contributed by atoms with Crippen molar-refractivity contribution in [3.63, 3.8) is 0 Å². The van der Waals surface area contributed by atoms with Gasteiger partial charge in [0.25, 0.3) is 0 Å². The normalized spacial score (nSPS) is 18.3. The van der Waals surface area contributed by atoms with Crippen LogP contribution in [0.15, 0.2) is 29.5 Å². The lowest BCUT2D eigenvalue weighted by Crippen LogP contribution is -2.20. The highest BCUT2D eigenvalue weighted by Gasteiger charge is 2.23. The number of imidazole rings is 1. The van der Waals surface area contributed by atoms with Crippen LogP contribution in [0.1, 0.15) is 23.5 Å². The minimum absolute atomic E-state index is 0.643. The first-order valence-corrected chi connectivity index (χ1v) is 9.13. The molecule has 6 nitrogen and oxygen atoms in total. The maximum atomic E-state index is 4.45. The lowest BCUT2D eigenvalue weighted by atomic mass is 10.0. The summed E-state index contributed by atoms with van der Waals surface area (Å²) in [6.07, 6.45) is 5.67. The van der Waals surface area contributed by atoms with Gasteiger partial charge in [-0.1, -0.05) is 0 Å². The van der Waals surface area contributed by atoms with E-state index in [2.05, 4.69) is 41.3 Å². The van der Waals surface area contributed by atoms with E-state index in [1.54, 1.807) is 17.7 Å². The van der Waals surface area contributed by atoms with E-state index in [9.17, 15) is 0 Å². The summed E-state index contributed by atoms with van der Waals surface area (Å²) in [6.45, 7) is 5.20. The second-order valence-corrected chi connectivity index (χ2v) is 7.10. The van der Waals surface area contributed by atoms with E-state index in [1.807, 2.05) is 18.6 Å². The summed E-state index contributed by atoms with van der Waals surface area (Å²) < 4.78 is 0. The molecule has 1 atom stereocenters. The standard InChI is InChI=1S/C17H20N6S/c1-12-6-18-17(22-12)16-5-14(19-10-20-16)4-13-2-3-23(7-13)8-15-9-24-11-21-15/h5-6,9-11,13H,2-4,7-8H2,1H3,(H,18,22). The van der Waals surface area contributed by atoms with Crippen LogP contribution in [-0.2, 0) is 13.0 Å². The molecule has 4 rings (SSSR count). The van der Waals surface area contributed by atoms with Crippen molar-refractivity contribution in [2.24, 2.45) is 5.92 Å². The van der Waals surface area contributed by atoms with Gasteiger partial charge in [0.2, 0.25) is 0 Å². The van der Waals surface area contributed by atoms with Gasteiger partial charge in [0.15, 0.2) is 5.82 Å². The molecule has 1 saturated heterocycles. The number of rotatable bonds is 5. The van der Waals surface area contributed by atoms with Crippen molar-refractivity contribution in [2.45, 2.75) is 26.3 Å². The fraction of sp³-hybridized carbons (Fsp3) is 0.412. The summed E-state index contributed by atoms with van der Waals surface area (Å²) in [5.74, 6) is 1.46. The summed E-state index contributed by atoms with van der Waals surface area (Å²) >= 11 is 1.66. The molecule has 7 heteroatoms. The molecule has 1 aliphatic heterocycles. The lowest BCUT2D eigenvalue weighted by molar-refractivity contribution is 0.313. The van der Waals surface area contributed by atoms with Crippen molar-refractivity contribution in [3.8, 4) is 11.5 Å². The molecule has 3 aromatic heterocycles. The highest BCUT2D eigenvalue weighted by Crippen LogP contribution is 2.23. The van der Waals surface area contributed by atoms with Gasteiger partial charge in [0, 0.05) is 36.1 Å². The molecule has 1 fully saturated rings. The van der Waals surface area contributed by atoms with E-state index in [0.29, 0.717) is 5.92 Å². The summed E-state index contributed by atoms with van der Waals surface area (Å²) in [5, 5.41) is 2.13. The Kier molecular flexibility index (Phi) is 4.36. The third-order valence-electron chi connectivity index (χ3n) is 4.41. The number of aromatic amines is 1. The van der Waals surface area contributed by atoms with Crippen molar-refractivity contribution in [1.29, 1.82) is 0 Å². The molecule has 4 heterocycles. The highest BCUT2D eigenvalue weighted by molar-refractivity contribution is 7.07. The van der Waals surface area contributed by atoms with Gasteiger partial charge in [-0.3, -0.25) is 4.90 Å². The van der Waals surface area contributed by atoms with Gasteiger partial charge in [-0.2, -0.15) is 0 Å². The number of hydrogen-bond acceptors (Lipinski definition) is 6. The average molecular weight is 340 g/mol. The Morgan fingerprint density at radius 1 is 1.25 bits per heavy atom. The summed E-state index contributed by atoms with van der Waals surface area (Å²) in [4.78, 5) is 23.2. The molecular formula is C17H20N6S. The number of H-pyrrole nitrogens is 1. The highest BCUT2D eigenvalue weighted by atomic mass is 32.1. The van der Waals surface area contributed by atoms with Crippen molar-refractivity contribution in [1.82, 2.24) is 29.8 Å². The predicted octanol–water partition coefficient (Wildman–Crippen LogP) is 2.70. The van der Waals surface area contributed by atoms with Crippen LogP contribution < -0.4 is 0 Å². The number of nitrogens with zero attached hydrogens (tertiary/aromatic N) is 5. The van der Waals surface area contributed by atoms with Crippen LogP contribution in [-0.4, -0.2) is 42.9 Å². The molecular weight excluding hydrogens is 320 g/mol. The second kappa shape index (κ2) is 6.78. The molecule has 124 valence electrons. The zero-order chi connectivity index (χ0) is 16.4. The minimum Gasteiger partial charge on any atom is -0.341 e. The molecule has 1 unspecified atom stereocenters. The van der Waals surface area contributed by atoms with Crippen LogP contribution in [0.5, 0.6) is 0 Å². The third kappa shape index (κ3) is 3.52. The number of aromatic nitrogens is 5. The Morgan fingerprint density at radius 3 is 3.00 bits per heavy atom. The monoisotopic (exact) mass is 340 g/mol. The maximum Gasteiger partial charge on any atom is 0.156 e. The molecule has 0 aliphatic carbocycles. The summed E-state index contributed by atoms with van der Waals surface area (Å²) in [5.41, 5.74) is 6.08. The van der Waals surface area contributed by atoms with E-state index in [-0.39, 0.29) is 0 Å². The van der Waals surface area contributed by atoms with Gasteiger partial charge < -0.3 is 4.98 Å². The number of likely N-dealkylation sites (tertiary alicyclic amines) is 1. The van der Waals surface area contributed by atoms with E-state index in [0.717, 1.165) is 49.0 Å². The molecule has 0 spiro atoms. The van der Waals surface area contributed by atoms with Crippen LogP contribution in [0.4, 0.5) is 0 Å². The lowest BCUT2D eigenvalue weighted by Gasteiger charge is -2.14. The van der Waals surface area contributed by atoms with E-state index >= 15 is 0 Å². The topological polar surface area (TPSA) is 70.6 Å². The van der Waals surface area contributed by atoms with Gasteiger partial charge in [-0.15, -0.1) is 11.3 Å². The van der Waals surface area contributed by atoms with Gasteiger partial charge >= 0.3 is 0 Å². The van der Waals surface area contributed by atoms with E-state index in [1.165, 1.54) is 12.1 Å². The van der Waals surface area contributed by atoms with Gasteiger partial charge in [0.05, 0.1) is 11.2 Å². The molecule has 1 aliphatic rings. The first-order valence-electron chi connectivity index (χ1n) is 8.18. The second-order valence-electron chi connectivity index (χ2n) is 6.38. The molecule has 0 bridgehead atoms. The first-order chi connectivity index (χ1) is 11.8. The maximum absolute atomic E-state index is 4.45. The molecule has 3 aromatic rings.